The van der Waals surface area contributed by atoms with Crippen molar-refractivity contribution in [2.75, 3.05) is 11.9 Å². The Labute approximate surface area is 196 Å². The molecule has 0 spiro atoms. The average molecular weight is 477 g/mol. The van der Waals surface area contributed by atoms with Crippen molar-refractivity contribution in [3.05, 3.63) is 60.6 Å². The molecule has 0 bridgehead atoms. The Morgan fingerprint density at radius 1 is 1.24 bits per heavy atom. The maximum absolute atomic E-state index is 12.7. The zero-order valence-corrected chi connectivity index (χ0v) is 19.1. The molecule has 1 aliphatic rings. The smallest absolute Gasteiger partial charge is 0.240 e. The van der Waals surface area contributed by atoms with Gasteiger partial charge >= 0.3 is 0 Å². The maximum atomic E-state index is 12.7. The first kappa shape index (κ1) is 22.1. The van der Waals surface area contributed by atoms with Crippen molar-refractivity contribution < 1.29 is 8.42 Å². The Morgan fingerprint density at radius 3 is 2.88 bits per heavy atom. The zero-order valence-electron chi connectivity index (χ0n) is 18.3. The van der Waals surface area contributed by atoms with Crippen LogP contribution < -0.4 is 15.8 Å². The standard InChI is InChI=1S/C23H24N8O2S/c24-6-9-31-8-5-21(29-31)20-14-27-23-19(4-7-26-23)22(20)28-16-11-17(12-16)30-34(32,33)18-3-1-2-15(10-18)13-25/h1-5,7-8,10,14,16-17,30H,6,9,11-12,24H2,(H2,26,27,28)/t16-,17+. The van der Waals surface area contributed by atoms with E-state index in [4.69, 9.17) is 11.0 Å². The minimum absolute atomic E-state index is 0.0866. The molecule has 10 nitrogen and oxygen atoms in total. The van der Waals surface area contributed by atoms with E-state index in [9.17, 15) is 8.42 Å². The number of aromatic amines is 1. The maximum Gasteiger partial charge on any atom is 0.240 e. The number of nitriles is 1. The number of hydrogen-bond acceptors (Lipinski definition) is 7. The van der Waals surface area contributed by atoms with Crippen molar-refractivity contribution in [2.24, 2.45) is 5.73 Å². The van der Waals surface area contributed by atoms with Gasteiger partial charge < -0.3 is 16.0 Å². The molecule has 1 aliphatic carbocycles. The quantitative estimate of drug-likeness (QED) is 0.304. The van der Waals surface area contributed by atoms with E-state index in [0.717, 1.165) is 28.0 Å². The number of aromatic nitrogens is 4. The molecule has 5 N–H and O–H groups in total. The van der Waals surface area contributed by atoms with E-state index in [2.05, 4.69) is 25.1 Å². The third kappa shape index (κ3) is 4.26. The monoisotopic (exact) mass is 476 g/mol. The van der Waals surface area contributed by atoms with E-state index >= 15 is 0 Å². The molecule has 0 saturated heterocycles. The van der Waals surface area contributed by atoms with Crippen LogP contribution in [0, 0.1) is 11.3 Å². The second-order valence-electron chi connectivity index (χ2n) is 8.31. The molecule has 174 valence electrons. The third-order valence-electron chi connectivity index (χ3n) is 5.94. The number of hydrogen-bond donors (Lipinski definition) is 4. The molecule has 3 heterocycles. The van der Waals surface area contributed by atoms with Crippen molar-refractivity contribution in [1.82, 2.24) is 24.5 Å². The Bertz CT molecular complexity index is 1480. The van der Waals surface area contributed by atoms with E-state index in [-0.39, 0.29) is 17.0 Å². The molecular weight excluding hydrogens is 452 g/mol. The van der Waals surface area contributed by atoms with Crippen molar-refractivity contribution in [3.63, 3.8) is 0 Å². The molecule has 34 heavy (non-hydrogen) atoms. The first-order valence-electron chi connectivity index (χ1n) is 11.0. The van der Waals surface area contributed by atoms with Crippen LogP contribution in [0.3, 0.4) is 0 Å². The predicted octanol–water partition coefficient (Wildman–Crippen LogP) is 2.18. The van der Waals surface area contributed by atoms with Gasteiger partial charge in [-0.25, -0.2) is 18.1 Å². The highest BCUT2D eigenvalue weighted by molar-refractivity contribution is 7.89. The fourth-order valence-electron chi connectivity index (χ4n) is 4.18. The Kier molecular flexibility index (Phi) is 5.79. The summed E-state index contributed by atoms with van der Waals surface area (Å²) in [7, 11) is -3.70. The molecule has 0 atom stereocenters. The lowest BCUT2D eigenvalue weighted by molar-refractivity contribution is 0.346. The van der Waals surface area contributed by atoms with E-state index in [0.29, 0.717) is 31.5 Å². The number of H-pyrrole nitrogens is 1. The third-order valence-corrected chi connectivity index (χ3v) is 7.46. The molecule has 3 aromatic heterocycles. The number of nitrogens with two attached hydrogens (primary N) is 1. The molecule has 1 aromatic carbocycles. The minimum Gasteiger partial charge on any atom is -0.381 e. The summed E-state index contributed by atoms with van der Waals surface area (Å²) in [6.45, 7) is 1.13. The van der Waals surface area contributed by atoms with Gasteiger partial charge in [0.05, 0.1) is 34.5 Å². The van der Waals surface area contributed by atoms with Crippen LogP contribution in [-0.4, -0.2) is 46.8 Å². The highest BCUT2D eigenvalue weighted by Gasteiger charge is 2.33. The first-order chi connectivity index (χ1) is 16.5. The van der Waals surface area contributed by atoms with Crippen LogP contribution in [0.5, 0.6) is 0 Å². The number of nitrogens with zero attached hydrogens (tertiary/aromatic N) is 4. The lowest BCUT2D eigenvalue weighted by Gasteiger charge is -2.37. The van der Waals surface area contributed by atoms with Gasteiger partial charge in [0, 0.05) is 48.2 Å². The molecule has 0 radical (unpaired) electrons. The van der Waals surface area contributed by atoms with Crippen molar-refractivity contribution in [2.45, 2.75) is 36.4 Å². The average Bonchev–Trinajstić information content (AvgIpc) is 3.47. The molecule has 0 aliphatic heterocycles. The van der Waals surface area contributed by atoms with Crippen LogP contribution in [0.2, 0.25) is 0 Å². The lowest BCUT2D eigenvalue weighted by Crippen LogP contribution is -2.49. The number of pyridine rings is 1. The molecule has 1 saturated carbocycles. The Hall–Kier alpha value is -3.72. The van der Waals surface area contributed by atoms with Crippen LogP contribution in [0.4, 0.5) is 5.69 Å². The van der Waals surface area contributed by atoms with Gasteiger partial charge in [-0.1, -0.05) is 6.07 Å². The number of anilines is 1. The lowest BCUT2D eigenvalue weighted by atomic mass is 9.87. The van der Waals surface area contributed by atoms with E-state index < -0.39 is 10.0 Å². The predicted molar refractivity (Wildman–Crippen MR) is 128 cm³/mol. The van der Waals surface area contributed by atoms with Gasteiger partial charge in [-0.05, 0) is 43.2 Å². The summed E-state index contributed by atoms with van der Waals surface area (Å²) >= 11 is 0. The van der Waals surface area contributed by atoms with Gasteiger partial charge in [0.1, 0.15) is 5.65 Å². The number of benzene rings is 1. The molecule has 5 rings (SSSR count). The first-order valence-corrected chi connectivity index (χ1v) is 12.4. The largest absolute Gasteiger partial charge is 0.381 e. The fraction of sp³-hybridized carbons (Fsp3) is 0.261. The number of sulfonamides is 1. The van der Waals surface area contributed by atoms with Gasteiger partial charge in [-0.2, -0.15) is 10.4 Å². The molecule has 1 fully saturated rings. The molecule has 0 amide bonds. The number of rotatable bonds is 8. The van der Waals surface area contributed by atoms with Crippen molar-refractivity contribution >= 4 is 26.7 Å². The summed E-state index contributed by atoms with van der Waals surface area (Å²) in [6.07, 6.45) is 6.78. The second-order valence-corrected chi connectivity index (χ2v) is 10.0. The Morgan fingerprint density at radius 2 is 2.09 bits per heavy atom. The fourth-order valence-corrected chi connectivity index (χ4v) is 5.48. The normalized spacial score (nSPS) is 17.9. The van der Waals surface area contributed by atoms with E-state index in [1.165, 1.54) is 12.1 Å². The van der Waals surface area contributed by atoms with E-state index in [1.807, 2.05) is 30.6 Å². The van der Waals surface area contributed by atoms with Crippen LogP contribution in [0.1, 0.15) is 18.4 Å². The van der Waals surface area contributed by atoms with Gasteiger partial charge in [0.15, 0.2) is 0 Å². The van der Waals surface area contributed by atoms with Gasteiger partial charge in [-0.15, -0.1) is 0 Å². The molecule has 0 unspecified atom stereocenters. The summed E-state index contributed by atoms with van der Waals surface area (Å²) in [5.74, 6) is 0. The topological polar surface area (TPSA) is 155 Å². The van der Waals surface area contributed by atoms with E-state index in [1.54, 1.807) is 23.0 Å². The molecule has 4 aromatic rings. The van der Waals surface area contributed by atoms with Gasteiger partial charge in [0.2, 0.25) is 10.0 Å². The minimum atomic E-state index is -3.70. The highest BCUT2D eigenvalue weighted by atomic mass is 32.2. The SMILES string of the molecule is N#Cc1cccc(S(=O)(=O)N[C@H]2C[C@@H](Nc3c(-c4ccn(CCN)n4)cnc4[nH]ccc34)C2)c1. The summed E-state index contributed by atoms with van der Waals surface area (Å²) in [6, 6.07) is 11.8. The number of nitrogens with one attached hydrogen (secondary N) is 3. The summed E-state index contributed by atoms with van der Waals surface area (Å²) in [5.41, 5.74) is 9.30. The summed E-state index contributed by atoms with van der Waals surface area (Å²) in [5, 5.41) is 18.2. The molecular formula is C23H24N8O2S. The highest BCUT2D eigenvalue weighted by Crippen LogP contribution is 2.36. The summed E-state index contributed by atoms with van der Waals surface area (Å²) < 4.78 is 30.0. The van der Waals surface area contributed by atoms with Crippen LogP contribution in [0.15, 0.2) is 59.9 Å². The van der Waals surface area contributed by atoms with Crippen LogP contribution in [0.25, 0.3) is 22.3 Å². The van der Waals surface area contributed by atoms with Crippen molar-refractivity contribution in [3.8, 4) is 17.3 Å². The zero-order chi connectivity index (χ0) is 23.7. The molecule has 11 heteroatoms. The summed E-state index contributed by atoms with van der Waals surface area (Å²) in [4.78, 5) is 7.74. The second kappa shape index (κ2) is 8.90. The van der Waals surface area contributed by atoms with Crippen LogP contribution in [-0.2, 0) is 16.6 Å². The van der Waals surface area contributed by atoms with Crippen LogP contribution >= 0.6 is 0 Å². The Balaban J connectivity index is 1.32. The van der Waals surface area contributed by atoms with Crippen molar-refractivity contribution in [1.29, 1.82) is 5.26 Å². The van der Waals surface area contributed by atoms with Gasteiger partial charge in [0.25, 0.3) is 0 Å². The number of fused-ring (bicyclic) bond motifs is 1. The van der Waals surface area contributed by atoms with Gasteiger partial charge in [-0.3, -0.25) is 4.68 Å².